The Morgan fingerprint density at radius 1 is 1.00 bits per heavy atom. The number of phenolic OH excluding ortho intramolecular Hbond substituents is 1. The Morgan fingerprint density at radius 3 is 2.43 bits per heavy atom. The molecule has 4 nitrogen and oxygen atoms in total. The summed E-state index contributed by atoms with van der Waals surface area (Å²) in [6.45, 7) is 3.89. The van der Waals surface area contributed by atoms with Crippen molar-refractivity contribution in [2.24, 2.45) is 0 Å². The van der Waals surface area contributed by atoms with Crippen molar-refractivity contribution < 1.29 is 9.63 Å². The Balaban J connectivity index is 2.03. The molecule has 1 N–H and O–H groups in total. The summed E-state index contributed by atoms with van der Waals surface area (Å²) in [5.74, 6) is 1.23. The van der Waals surface area contributed by atoms with E-state index in [9.17, 15) is 5.11 Å². The molecule has 0 spiro atoms. The fourth-order valence-electron chi connectivity index (χ4n) is 2.21. The zero-order chi connectivity index (χ0) is 15.0. The first-order chi connectivity index (χ1) is 10.0. The molecule has 0 bridgehead atoms. The monoisotopic (exact) mass is 344 g/mol. The van der Waals surface area contributed by atoms with Gasteiger partial charge in [0.1, 0.15) is 5.75 Å². The van der Waals surface area contributed by atoms with Gasteiger partial charge in [-0.3, -0.25) is 0 Å². The largest absolute Gasteiger partial charge is 0.508 e. The average molecular weight is 345 g/mol. The molecule has 0 radical (unpaired) electrons. The lowest BCUT2D eigenvalue weighted by Crippen LogP contribution is -1.86. The van der Waals surface area contributed by atoms with Gasteiger partial charge >= 0.3 is 0 Å². The Hall–Kier alpha value is -2.14. The van der Waals surface area contributed by atoms with Crippen molar-refractivity contribution in [3.05, 3.63) is 52.0 Å². The van der Waals surface area contributed by atoms with E-state index in [0.29, 0.717) is 11.7 Å². The van der Waals surface area contributed by atoms with Crippen molar-refractivity contribution in [2.45, 2.75) is 13.8 Å². The summed E-state index contributed by atoms with van der Waals surface area (Å²) < 4.78 is 6.37. The molecular formula is C16H13BrN2O2. The van der Waals surface area contributed by atoms with Crippen LogP contribution in [0, 0.1) is 13.8 Å². The zero-order valence-electron chi connectivity index (χ0n) is 11.6. The van der Waals surface area contributed by atoms with Crippen molar-refractivity contribution >= 4 is 15.9 Å². The summed E-state index contributed by atoms with van der Waals surface area (Å²) in [4.78, 5) is 4.46. The number of aromatic nitrogens is 2. The molecule has 0 unspecified atom stereocenters. The summed E-state index contributed by atoms with van der Waals surface area (Å²) in [6, 6.07) is 11.0. The first-order valence-electron chi connectivity index (χ1n) is 6.45. The second-order valence-electron chi connectivity index (χ2n) is 4.88. The molecule has 0 saturated carbocycles. The molecule has 2 aromatic carbocycles. The van der Waals surface area contributed by atoms with Crippen molar-refractivity contribution in [1.29, 1.82) is 0 Å². The molecule has 0 aliphatic rings. The second-order valence-corrected chi connectivity index (χ2v) is 5.80. The molecule has 1 aromatic heterocycles. The minimum absolute atomic E-state index is 0.222. The summed E-state index contributed by atoms with van der Waals surface area (Å²) in [5, 5.41) is 13.5. The van der Waals surface area contributed by atoms with Crippen LogP contribution in [0.2, 0.25) is 0 Å². The highest BCUT2D eigenvalue weighted by Crippen LogP contribution is 2.29. The molecule has 5 heteroatoms. The maximum atomic E-state index is 9.46. The van der Waals surface area contributed by atoms with Gasteiger partial charge in [-0.05, 0) is 61.4 Å². The van der Waals surface area contributed by atoms with Crippen LogP contribution in [-0.4, -0.2) is 15.2 Å². The first-order valence-corrected chi connectivity index (χ1v) is 7.24. The number of rotatable bonds is 2. The molecule has 106 valence electrons. The number of nitrogens with zero attached hydrogens (tertiary/aromatic N) is 2. The third-order valence-electron chi connectivity index (χ3n) is 3.30. The molecule has 3 rings (SSSR count). The fraction of sp³-hybridized carbons (Fsp3) is 0.125. The molecule has 0 atom stereocenters. The Kier molecular flexibility index (Phi) is 3.51. The summed E-state index contributed by atoms with van der Waals surface area (Å²) >= 11 is 3.44. The zero-order valence-corrected chi connectivity index (χ0v) is 13.2. The number of phenols is 1. The number of hydrogen-bond donors (Lipinski definition) is 1. The maximum absolute atomic E-state index is 9.46. The van der Waals surface area contributed by atoms with Crippen molar-refractivity contribution in [1.82, 2.24) is 10.1 Å². The van der Waals surface area contributed by atoms with Gasteiger partial charge in [0, 0.05) is 15.6 Å². The number of hydrogen-bond acceptors (Lipinski definition) is 4. The first kappa shape index (κ1) is 13.8. The van der Waals surface area contributed by atoms with Crippen LogP contribution >= 0.6 is 15.9 Å². The number of aromatic hydroxyl groups is 1. The average Bonchev–Trinajstić information content (AvgIpc) is 2.87. The molecule has 3 aromatic rings. The van der Waals surface area contributed by atoms with Gasteiger partial charge in [-0.25, -0.2) is 0 Å². The normalized spacial score (nSPS) is 10.8. The lowest BCUT2D eigenvalue weighted by atomic mass is 10.1. The van der Waals surface area contributed by atoms with E-state index in [4.69, 9.17) is 4.52 Å². The molecule has 0 saturated heterocycles. The van der Waals surface area contributed by atoms with Crippen molar-refractivity contribution in [2.75, 3.05) is 0 Å². The molecule has 0 amide bonds. The quantitative estimate of drug-likeness (QED) is 0.744. The predicted octanol–water partition coefficient (Wildman–Crippen LogP) is 4.49. The highest BCUT2D eigenvalue weighted by molar-refractivity contribution is 9.10. The van der Waals surface area contributed by atoms with Crippen LogP contribution in [0.4, 0.5) is 0 Å². The van der Waals surface area contributed by atoms with Gasteiger partial charge in [0.05, 0.1) is 0 Å². The topological polar surface area (TPSA) is 59.2 Å². The van der Waals surface area contributed by atoms with Gasteiger partial charge in [-0.2, -0.15) is 4.98 Å². The lowest BCUT2D eigenvalue weighted by Gasteiger charge is -2.01. The van der Waals surface area contributed by atoms with Crippen LogP contribution in [0.1, 0.15) is 11.1 Å². The number of aryl methyl sites for hydroxylation is 2. The molecule has 1 heterocycles. The van der Waals surface area contributed by atoms with Crippen LogP contribution in [0.3, 0.4) is 0 Å². The van der Waals surface area contributed by atoms with Gasteiger partial charge in [0.15, 0.2) is 0 Å². The number of halogens is 1. The molecular weight excluding hydrogens is 332 g/mol. The predicted molar refractivity (Wildman–Crippen MR) is 84.0 cm³/mol. The SMILES string of the molecule is Cc1cc(Br)ccc1-c1noc(-c2ccc(O)cc2C)n1. The third kappa shape index (κ3) is 2.69. The minimum atomic E-state index is 0.222. The Labute approximate surface area is 130 Å². The summed E-state index contributed by atoms with van der Waals surface area (Å²) in [5.41, 5.74) is 3.71. The van der Waals surface area contributed by atoms with Gasteiger partial charge < -0.3 is 9.63 Å². The van der Waals surface area contributed by atoms with Gasteiger partial charge in [-0.1, -0.05) is 21.1 Å². The molecule has 0 aliphatic heterocycles. The maximum Gasteiger partial charge on any atom is 0.258 e. The van der Waals surface area contributed by atoms with E-state index >= 15 is 0 Å². The van der Waals surface area contributed by atoms with Crippen LogP contribution in [0.15, 0.2) is 45.4 Å². The van der Waals surface area contributed by atoms with E-state index in [1.54, 1.807) is 18.2 Å². The van der Waals surface area contributed by atoms with E-state index in [-0.39, 0.29) is 5.75 Å². The highest BCUT2D eigenvalue weighted by Gasteiger charge is 2.14. The number of benzene rings is 2. The Morgan fingerprint density at radius 2 is 1.71 bits per heavy atom. The van der Waals surface area contributed by atoms with Crippen LogP contribution in [-0.2, 0) is 0 Å². The van der Waals surface area contributed by atoms with E-state index in [2.05, 4.69) is 26.1 Å². The van der Waals surface area contributed by atoms with Crippen LogP contribution in [0.5, 0.6) is 5.75 Å². The third-order valence-corrected chi connectivity index (χ3v) is 3.79. The van der Waals surface area contributed by atoms with E-state index in [0.717, 1.165) is 26.7 Å². The molecule has 0 aliphatic carbocycles. The fourth-order valence-corrected chi connectivity index (χ4v) is 2.68. The Bertz CT molecular complexity index is 746. The van der Waals surface area contributed by atoms with Gasteiger partial charge in [0.25, 0.3) is 5.89 Å². The second kappa shape index (κ2) is 5.33. The van der Waals surface area contributed by atoms with Gasteiger partial charge in [-0.15, -0.1) is 0 Å². The van der Waals surface area contributed by atoms with Crippen molar-refractivity contribution in [3.63, 3.8) is 0 Å². The van der Waals surface area contributed by atoms with Gasteiger partial charge in [0.2, 0.25) is 5.82 Å². The molecule has 0 fully saturated rings. The van der Waals surface area contributed by atoms with E-state index in [1.807, 2.05) is 32.0 Å². The van der Waals surface area contributed by atoms with E-state index < -0.39 is 0 Å². The summed E-state index contributed by atoms with van der Waals surface area (Å²) in [7, 11) is 0. The highest BCUT2D eigenvalue weighted by atomic mass is 79.9. The van der Waals surface area contributed by atoms with Crippen LogP contribution in [0.25, 0.3) is 22.8 Å². The lowest BCUT2D eigenvalue weighted by molar-refractivity contribution is 0.432. The van der Waals surface area contributed by atoms with Crippen molar-refractivity contribution in [3.8, 4) is 28.6 Å². The van der Waals surface area contributed by atoms with Crippen LogP contribution < -0.4 is 0 Å². The molecule has 21 heavy (non-hydrogen) atoms. The smallest absolute Gasteiger partial charge is 0.258 e. The van der Waals surface area contributed by atoms with E-state index in [1.165, 1.54) is 0 Å². The summed E-state index contributed by atoms with van der Waals surface area (Å²) in [6.07, 6.45) is 0. The minimum Gasteiger partial charge on any atom is -0.508 e. The standard InChI is InChI=1S/C16H13BrN2O2/c1-9-7-11(17)3-5-13(9)15-18-16(21-19-15)14-6-4-12(20)8-10(14)2/h3-8,20H,1-2H3.